The highest BCUT2D eigenvalue weighted by atomic mass is 16.6. The van der Waals surface area contributed by atoms with Gasteiger partial charge in [-0.25, -0.2) is 14.6 Å². The van der Waals surface area contributed by atoms with Gasteiger partial charge in [-0.3, -0.25) is 9.78 Å². The van der Waals surface area contributed by atoms with E-state index < -0.39 is 28.9 Å². The first-order valence-electron chi connectivity index (χ1n) is 8.53. The maximum atomic E-state index is 12.6. The minimum absolute atomic E-state index is 0.264. The molecule has 0 saturated carbocycles. The summed E-state index contributed by atoms with van der Waals surface area (Å²) in [5.74, 6) is -0.264. The second-order valence-electron chi connectivity index (χ2n) is 8.21. The molecule has 0 bridgehead atoms. The molecule has 0 radical (unpaired) electrons. The molecule has 27 heavy (non-hydrogen) atoms. The molecule has 0 saturated heterocycles. The zero-order valence-corrected chi connectivity index (χ0v) is 16.7. The van der Waals surface area contributed by atoms with Crippen LogP contribution in [-0.4, -0.2) is 33.4 Å². The van der Waals surface area contributed by atoms with E-state index in [0.29, 0.717) is 15.8 Å². The second kappa shape index (κ2) is 7.02. The molecule has 0 atom stereocenters. The van der Waals surface area contributed by atoms with Gasteiger partial charge in [-0.1, -0.05) is 11.6 Å². The van der Waals surface area contributed by atoms with Gasteiger partial charge in [0, 0.05) is 0 Å². The summed E-state index contributed by atoms with van der Waals surface area (Å²) in [6, 6.07) is 5.10. The van der Waals surface area contributed by atoms with Crippen LogP contribution in [0.2, 0.25) is 0 Å². The zero-order valence-electron chi connectivity index (χ0n) is 16.7. The Hall–Kier alpha value is -2.90. The Morgan fingerprint density at radius 3 is 2.00 bits per heavy atom. The lowest BCUT2D eigenvalue weighted by atomic mass is 10.2. The number of ether oxygens (including phenoxy) is 2. The van der Waals surface area contributed by atoms with Gasteiger partial charge in [-0.2, -0.15) is 0 Å². The molecular weight excluding hydrogens is 350 g/mol. The third kappa shape index (κ3) is 5.29. The molecule has 1 heterocycles. The summed E-state index contributed by atoms with van der Waals surface area (Å²) in [5.41, 5.74) is -0.956. The van der Waals surface area contributed by atoms with E-state index in [2.05, 4.69) is 9.97 Å². The van der Waals surface area contributed by atoms with Crippen molar-refractivity contribution in [2.75, 3.05) is 4.90 Å². The molecule has 0 spiro atoms. The van der Waals surface area contributed by atoms with Crippen LogP contribution in [0.4, 0.5) is 15.5 Å². The highest BCUT2D eigenvalue weighted by molar-refractivity contribution is 6.08. The standard InChI is InChI=1S/C19H25N3O5/c1-11-8-9-13-12(10-11)14(23)21-15(20-13)22(16(24)26-18(2,3)4)17(25)27-19(5,6)7/h8-10H,1-7H3,(H,20,21,23). The Bertz CT molecular complexity index is 907. The number of imide groups is 1. The number of hydrogen-bond acceptors (Lipinski definition) is 6. The number of aryl methyl sites for hydroxylation is 1. The predicted octanol–water partition coefficient (Wildman–Crippen LogP) is 3.91. The minimum atomic E-state index is -0.994. The van der Waals surface area contributed by atoms with Gasteiger partial charge in [0.2, 0.25) is 5.95 Å². The van der Waals surface area contributed by atoms with Crippen LogP contribution in [0.5, 0.6) is 0 Å². The molecule has 0 unspecified atom stereocenters. The van der Waals surface area contributed by atoms with Crippen LogP contribution in [0.1, 0.15) is 47.1 Å². The first-order valence-corrected chi connectivity index (χ1v) is 8.53. The van der Waals surface area contributed by atoms with Crippen molar-refractivity contribution in [3.8, 4) is 0 Å². The maximum absolute atomic E-state index is 12.6. The topological polar surface area (TPSA) is 102 Å². The molecule has 1 aromatic carbocycles. The fourth-order valence-corrected chi connectivity index (χ4v) is 2.21. The van der Waals surface area contributed by atoms with E-state index in [1.807, 2.05) is 6.92 Å². The number of carbonyl (C=O) groups excluding carboxylic acids is 2. The van der Waals surface area contributed by atoms with Gasteiger partial charge >= 0.3 is 12.2 Å². The molecule has 0 fully saturated rings. The van der Waals surface area contributed by atoms with Crippen LogP contribution >= 0.6 is 0 Å². The lowest BCUT2D eigenvalue weighted by Gasteiger charge is -2.27. The largest absolute Gasteiger partial charge is 0.443 e. The van der Waals surface area contributed by atoms with Crippen LogP contribution in [0.25, 0.3) is 10.9 Å². The average Bonchev–Trinajstić information content (AvgIpc) is 2.44. The van der Waals surface area contributed by atoms with Crippen LogP contribution in [0.3, 0.4) is 0 Å². The van der Waals surface area contributed by atoms with Gasteiger partial charge < -0.3 is 9.47 Å². The molecule has 1 N–H and O–H groups in total. The number of aromatic amines is 1. The van der Waals surface area contributed by atoms with Gasteiger partial charge in [0.1, 0.15) is 11.2 Å². The fourth-order valence-electron chi connectivity index (χ4n) is 2.21. The monoisotopic (exact) mass is 375 g/mol. The molecule has 0 aliphatic rings. The van der Waals surface area contributed by atoms with Crippen molar-refractivity contribution >= 4 is 29.0 Å². The number of H-pyrrole nitrogens is 1. The third-order valence-corrected chi connectivity index (χ3v) is 3.21. The van der Waals surface area contributed by atoms with Crippen molar-refractivity contribution < 1.29 is 19.1 Å². The van der Waals surface area contributed by atoms with Crippen molar-refractivity contribution in [1.29, 1.82) is 0 Å². The minimum Gasteiger partial charge on any atom is -0.443 e. The molecule has 0 aliphatic carbocycles. The Kier molecular flexibility index (Phi) is 5.30. The lowest BCUT2D eigenvalue weighted by Crippen LogP contribution is -2.45. The van der Waals surface area contributed by atoms with Crippen LogP contribution in [-0.2, 0) is 9.47 Å². The Morgan fingerprint density at radius 1 is 1.00 bits per heavy atom. The number of anilines is 1. The van der Waals surface area contributed by atoms with E-state index in [9.17, 15) is 14.4 Å². The molecule has 8 heteroatoms. The average molecular weight is 375 g/mol. The van der Waals surface area contributed by atoms with E-state index in [1.54, 1.807) is 59.7 Å². The van der Waals surface area contributed by atoms with Gasteiger partial charge in [-0.15, -0.1) is 4.90 Å². The molecule has 2 aromatic rings. The van der Waals surface area contributed by atoms with Gasteiger partial charge in [0.15, 0.2) is 0 Å². The van der Waals surface area contributed by atoms with Gasteiger partial charge in [0.25, 0.3) is 5.56 Å². The number of aromatic nitrogens is 2. The first-order chi connectivity index (χ1) is 12.3. The number of benzene rings is 1. The Balaban J connectivity index is 2.57. The first kappa shape index (κ1) is 20.4. The summed E-state index contributed by atoms with van der Waals surface area (Å²) in [6.07, 6.45) is -1.99. The van der Waals surface area contributed by atoms with E-state index in [1.165, 1.54) is 0 Å². The summed E-state index contributed by atoms with van der Waals surface area (Å²) in [6.45, 7) is 11.8. The summed E-state index contributed by atoms with van der Waals surface area (Å²) < 4.78 is 10.6. The number of carbonyl (C=O) groups is 2. The van der Waals surface area contributed by atoms with Gasteiger partial charge in [-0.05, 0) is 60.6 Å². The van der Waals surface area contributed by atoms with Gasteiger partial charge in [0.05, 0.1) is 10.9 Å². The highest BCUT2D eigenvalue weighted by Gasteiger charge is 2.34. The lowest BCUT2D eigenvalue weighted by molar-refractivity contribution is 0.0427. The molecule has 146 valence electrons. The fraction of sp³-hybridized carbons (Fsp3) is 0.474. The van der Waals surface area contributed by atoms with Crippen LogP contribution in [0, 0.1) is 6.92 Å². The van der Waals surface area contributed by atoms with Crippen LogP contribution in [0.15, 0.2) is 23.0 Å². The number of hydrogen-bond donors (Lipinski definition) is 1. The second-order valence-corrected chi connectivity index (χ2v) is 8.21. The number of nitrogens with one attached hydrogen (secondary N) is 1. The normalized spacial score (nSPS) is 12.0. The van der Waals surface area contributed by atoms with E-state index in [-0.39, 0.29) is 5.95 Å². The van der Waals surface area contributed by atoms with E-state index >= 15 is 0 Å². The predicted molar refractivity (Wildman–Crippen MR) is 102 cm³/mol. The molecule has 1 aromatic heterocycles. The smallest absolute Gasteiger partial charge is 0.427 e. The maximum Gasteiger partial charge on any atom is 0.427 e. The number of nitrogens with zero attached hydrogens (tertiary/aromatic N) is 2. The molecule has 2 amide bonds. The highest BCUT2D eigenvalue weighted by Crippen LogP contribution is 2.20. The van der Waals surface area contributed by atoms with Crippen LogP contribution < -0.4 is 10.5 Å². The summed E-state index contributed by atoms with van der Waals surface area (Å²) in [4.78, 5) is 45.0. The molecule has 8 nitrogen and oxygen atoms in total. The van der Waals surface area contributed by atoms with Crippen molar-refractivity contribution in [2.24, 2.45) is 0 Å². The zero-order chi connectivity index (χ0) is 20.6. The van der Waals surface area contributed by atoms with Crippen molar-refractivity contribution in [2.45, 2.75) is 59.7 Å². The van der Waals surface area contributed by atoms with Crippen molar-refractivity contribution in [1.82, 2.24) is 9.97 Å². The van der Waals surface area contributed by atoms with Crippen molar-refractivity contribution in [3.05, 3.63) is 34.1 Å². The Morgan fingerprint density at radius 2 is 1.52 bits per heavy atom. The number of fused-ring (bicyclic) bond motifs is 1. The third-order valence-electron chi connectivity index (χ3n) is 3.21. The summed E-state index contributed by atoms with van der Waals surface area (Å²) >= 11 is 0. The Labute approximate surface area is 157 Å². The number of amides is 2. The SMILES string of the molecule is Cc1ccc2nc(N(C(=O)OC(C)(C)C)C(=O)OC(C)(C)C)[nH]c(=O)c2c1. The van der Waals surface area contributed by atoms with Crippen molar-refractivity contribution in [3.63, 3.8) is 0 Å². The van der Waals surface area contributed by atoms with E-state index in [4.69, 9.17) is 9.47 Å². The summed E-state index contributed by atoms with van der Waals surface area (Å²) in [5, 5.41) is 0.354. The molecule has 2 rings (SSSR count). The number of rotatable bonds is 1. The quantitative estimate of drug-likeness (QED) is 0.811. The molecular formula is C19H25N3O5. The van der Waals surface area contributed by atoms with E-state index in [0.717, 1.165) is 5.56 Å². The summed E-state index contributed by atoms with van der Waals surface area (Å²) in [7, 11) is 0. The molecule has 0 aliphatic heterocycles.